The maximum Gasteiger partial charge on any atom is 0.450 e. The fourth-order valence-electron chi connectivity index (χ4n) is 3.09. The third-order valence-electron chi connectivity index (χ3n) is 4.57. The van der Waals surface area contributed by atoms with Crippen molar-refractivity contribution in [1.29, 1.82) is 0 Å². The monoisotopic (exact) mass is 508 g/mol. The largest absolute Gasteiger partial charge is 0.489 e. The zero-order valence-electron chi connectivity index (χ0n) is 15.7. The maximum absolute atomic E-state index is 13.7. The van der Waals surface area contributed by atoms with Gasteiger partial charge >= 0.3 is 6.18 Å². The number of ether oxygens (including phenoxy) is 1. The van der Waals surface area contributed by atoms with E-state index in [1.807, 2.05) is 0 Å². The highest BCUT2D eigenvalue weighted by Gasteiger charge is 2.39. The van der Waals surface area contributed by atoms with Gasteiger partial charge in [-0.1, -0.05) is 51.8 Å². The molecule has 0 radical (unpaired) electrons. The Morgan fingerprint density at radius 2 is 1.65 bits per heavy atom. The molecule has 0 spiro atoms. The summed E-state index contributed by atoms with van der Waals surface area (Å²) in [6, 6.07) is 17.2. The number of halogens is 5. The Hall–Kier alpha value is -2.77. The first-order valence-electron chi connectivity index (χ1n) is 9.03. The van der Waals surface area contributed by atoms with Gasteiger partial charge in [0.25, 0.3) is 0 Å². The van der Waals surface area contributed by atoms with Gasteiger partial charge in [0, 0.05) is 15.6 Å². The van der Waals surface area contributed by atoms with E-state index in [1.165, 1.54) is 30.3 Å². The molecule has 158 valence electrons. The van der Waals surface area contributed by atoms with Crippen molar-refractivity contribution in [3.05, 3.63) is 97.8 Å². The lowest BCUT2D eigenvalue weighted by molar-refractivity contribution is -0.152. The van der Waals surface area contributed by atoms with Crippen molar-refractivity contribution in [3.63, 3.8) is 0 Å². The number of benzene rings is 3. The molecular weight excluding hydrogens is 497 g/mol. The number of hydrogen-bond donors (Lipinski definition) is 0. The van der Waals surface area contributed by atoms with E-state index in [0.29, 0.717) is 9.50 Å². The molecule has 0 aliphatic rings. The number of hydrogen-bond acceptors (Lipinski definition) is 3. The van der Waals surface area contributed by atoms with E-state index < -0.39 is 22.9 Å². The Morgan fingerprint density at radius 1 is 0.968 bits per heavy atom. The lowest BCUT2D eigenvalue weighted by atomic mass is 10.0. The van der Waals surface area contributed by atoms with E-state index in [0.717, 1.165) is 5.56 Å². The molecule has 0 saturated carbocycles. The molecule has 0 atom stereocenters. The molecule has 31 heavy (non-hydrogen) atoms. The summed E-state index contributed by atoms with van der Waals surface area (Å²) in [7, 11) is 0. The highest BCUT2D eigenvalue weighted by atomic mass is 79.9. The first-order valence-corrected chi connectivity index (χ1v) is 10.2. The van der Waals surface area contributed by atoms with E-state index in [2.05, 4.69) is 15.9 Å². The van der Waals surface area contributed by atoms with Crippen molar-refractivity contribution in [2.45, 2.75) is 12.8 Å². The third-order valence-corrected chi connectivity index (χ3v) is 5.35. The molecule has 4 aromatic rings. The van der Waals surface area contributed by atoms with Gasteiger partial charge in [0.05, 0.1) is 10.9 Å². The molecule has 1 aromatic heterocycles. The van der Waals surface area contributed by atoms with Crippen molar-refractivity contribution in [2.24, 2.45) is 0 Å². The molecule has 0 N–H and O–H groups in total. The van der Waals surface area contributed by atoms with Crippen molar-refractivity contribution < 1.29 is 22.3 Å². The highest BCUT2D eigenvalue weighted by molar-refractivity contribution is 9.10. The first-order chi connectivity index (χ1) is 14.7. The summed E-state index contributed by atoms with van der Waals surface area (Å²) in [5, 5.41) is 0.613. The number of fused-ring (bicyclic) bond motifs is 1. The van der Waals surface area contributed by atoms with Gasteiger partial charge in [-0.25, -0.2) is 0 Å². The summed E-state index contributed by atoms with van der Waals surface area (Å²) in [6.45, 7) is 0.177. The zero-order valence-corrected chi connectivity index (χ0v) is 18.0. The lowest BCUT2D eigenvalue weighted by Gasteiger charge is -2.13. The number of alkyl halides is 3. The Bertz CT molecular complexity index is 1300. The SMILES string of the molecule is O=c1c(-c2ccc(Br)cc2)c(C(F)(F)F)oc2cc(OCc3ccc(Cl)cc3)ccc12. The predicted octanol–water partition coefficient (Wildman–Crippen LogP) is 7.47. The van der Waals surface area contributed by atoms with Crippen LogP contribution in [0.15, 0.2) is 80.4 Å². The zero-order chi connectivity index (χ0) is 22.2. The molecule has 0 amide bonds. The smallest absolute Gasteiger partial charge is 0.450 e. The molecule has 4 rings (SSSR count). The standard InChI is InChI=1S/C23H13BrClF3O3/c24-15-5-3-14(4-6-15)20-21(29)18-10-9-17(11-19(18)31-22(20)23(26,27)28)30-12-13-1-7-16(25)8-2-13/h1-11H,12H2. The van der Waals surface area contributed by atoms with Crippen LogP contribution in [0.2, 0.25) is 5.02 Å². The van der Waals surface area contributed by atoms with Gasteiger partial charge in [-0.3, -0.25) is 4.79 Å². The van der Waals surface area contributed by atoms with E-state index >= 15 is 0 Å². The minimum atomic E-state index is -4.85. The van der Waals surface area contributed by atoms with Crippen LogP contribution >= 0.6 is 27.5 Å². The van der Waals surface area contributed by atoms with Crippen LogP contribution in [0.5, 0.6) is 5.75 Å². The second kappa shape index (κ2) is 8.40. The molecule has 3 nitrogen and oxygen atoms in total. The molecular formula is C23H13BrClF3O3. The van der Waals surface area contributed by atoms with Crippen LogP contribution in [0.4, 0.5) is 13.2 Å². The Kier molecular flexibility index (Phi) is 5.81. The van der Waals surface area contributed by atoms with Crippen LogP contribution in [-0.4, -0.2) is 0 Å². The van der Waals surface area contributed by atoms with E-state index in [-0.39, 0.29) is 28.9 Å². The van der Waals surface area contributed by atoms with Crippen molar-refractivity contribution >= 4 is 38.5 Å². The van der Waals surface area contributed by atoms with Gasteiger partial charge < -0.3 is 9.15 Å². The van der Waals surface area contributed by atoms with Crippen LogP contribution in [0, 0.1) is 0 Å². The first kappa shape index (κ1) is 21.5. The molecule has 1 heterocycles. The number of rotatable bonds is 4. The van der Waals surface area contributed by atoms with Crippen molar-refractivity contribution in [2.75, 3.05) is 0 Å². The molecule has 0 unspecified atom stereocenters. The fourth-order valence-corrected chi connectivity index (χ4v) is 3.48. The normalized spacial score (nSPS) is 11.6. The van der Waals surface area contributed by atoms with E-state index in [4.69, 9.17) is 20.8 Å². The minimum Gasteiger partial charge on any atom is -0.489 e. The van der Waals surface area contributed by atoms with Gasteiger partial charge in [0.2, 0.25) is 11.2 Å². The predicted molar refractivity (Wildman–Crippen MR) is 116 cm³/mol. The Morgan fingerprint density at radius 3 is 2.29 bits per heavy atom. The Balaban J connectivity index is 1.77. The summed E-state index contributed by atoms with van der Waals surface area (Å²) in [5.74, 6) is -1.07. The minimum absolute atomic E-state index is 0.0322. The molecule has 0 bridgehead atoms. The summed E-state index contributed by atoms with van der Waals surface area (Å²) in [6.07, 6.45) is -4.85. The van der Waals surface area contributed by atoms with Crippen LogP contribution in [0.3, 0.4) is 0 Å². The second-order valence-electron chi connectivity index (χ2n) is 6.71. The van der Waals surface area contributed by atoms with Crippen LogP contribution in [0.25, 0.3) is 22.1 Å². The molecule has 8 heteroatoms. The summed E-state index contributed by atoms with van der Waals surface area (Å²) >= 11 is 9.08. The van der Waals surface area contributed by atoms with Gasteiger partial charge in [-0.2, -0.15) is 13.2 Å². The van der Waals surface area contributed by atoms with Crippen LogP contribution in [-0.2, 0) is 12.8 Å². The third kappa shape index (κ3) is 4.62. The lowest BCUT2D eigenvalue weighted by Crippen LogP contribution is -2.16. The quantitative estimate of drug-likeness (QED) is 0.286. The van der Waals surface area contributed by atoms with Crippen LogP contribution < -0.4 is 10.2 Å². The Labute approximate surface area is 188 Å². The molecule has 0 aliphatic heterocycles. The average Bonchev–Trinajstić information content (AvgIpc) is 2.73. The van der Waals surface area contributed by atoms with Crippen molar-refractivity contribution in [3.8, 4) is 16.9 Å². The van der Waals surface area contributed by atoms with Crippen molar-refractivity contribution in [1.82, 2.24) is 0 Å². The molecule has 3 aromatic carbocycles. The van der Waals surface area contributed by atoms with E-state index in [9.17, 15) is 18.0 Å². The molecule has 0 aliphatic carbocycles. The van der Waals surface area contributed by atoms with Crippen LogP contribution in [0.1, 0.15) is 11.3 Å². The maximum atomic E-state index is 13.7. The molecule has 0 saturated heterocycles. The fraction of sp³-hybridized carbons (Fsp3) is 0.0870. The van der Waals surface area contributed by atoms with Gasteiger partial charge in [-0.15, -0.1) is 0 Å². The summed E-state index contributed by atoms with van der Waals surface area (Å²) in [5.41, 5.74) is -0.545. The van der Waals surface area contributed by atoms with Gasteiger partial charge in [0.15, 0.2) is 0 Å². The topological polar surface area (TPSA) is 39.4 Å². The highest BCUT2D eigenvalue weighted by Crippen LogP contribution is 2.38. The molecule has 0 fully saturated rings. The average molecular weight is 510 g/mol. The second-order valence-corrected chi connectivity index (χ2v) is 8.07. The van der Waals surface area contributed by atoms with Gasteiger partial charge in [-0.05, 0) is 47.5 Å². The summed E-state index contributed by atoms with van der Waals surface area (Å²) in [4.78, 5) is 13.0. The van der Waals surface area contributed by atoms with Gasteiger partial charge in [0.1, 0.15) is 17.9 Å². The van der Waals surface area contributed by atoms with E-state index in [1.54, 1.807) is 36.4 Å². The summed E-state index contributed by atoms with van der Waals surface area (Å²) < 4.78 is 52.7.